The molecule has 1 N–H and O–H groups in total. The SMILES string of the molecule is Cc1nc(N2C[C@H](O)[C@@H](N3CCCCC3)C2)c2ccccc2n1. The lowest BCUT2D eigenvalue weighted by atomic mass is 10.1. The van der Waals surface area contributed by atoms with E-state index in [-0.39, 0.29) is 12.1 Å². The van der Waals surface area contributed by atoms with E-state index < -0.39 is 0 Å². The van der Waals surface area contributed by atoms with Crippen LogP contribution in [-0.4, -0.2) is 58.3 Å². The van der Waals surface area contributed by atoms with Crippen LogP contribution in [0.3, 0.4) is 0 Å². The molecule has 0 amide bonds. The highest BCUT2D eigenvalue weighted by molar-refractivity contribution is 5.89. The maximum atomic E-state index is 10.6. The number of anilines is 1. The van der Waals surface area contributed by atoms with Gasteiger partial charge < -0.3 is 10.0 Å². The minimum absolute atomic E-state index is 0.226. The second-order valence-corrected chi connectivity index (χ2v) is 6.75. The van der Waals surface area contributed by atoms with Gasteiger partial charge in [0.25, 0.3) is 0 Å². The first-order valence-electron chi connectivity index (χ1n) is 8.63. The van der Waals surface area contributed by atoms with Gasteiger partial charge in [0, 0.05) is 18.5 Å². The molecule has 5 heteroatoms. The van der Waals surface area contributed by atoms with Gasteiger partial charge >= 0.3 is 0 Å². The van der Waals surface area contributed by atoms with Gasteiger partial charge in [0.05, 0.1) is 17.7 Å². The molecule has 0 aliphatic carbocycles. The Morgan fingerprint density at radius 3 is 2.65 bits per heavy atom. The van der Waals surface area contributed by atoms with Crippen LogP contribution in [-0.2, 0) is 0 Å². The van der Waals surface area contributed by atoms with E-state index in [1.165, 1.54) is 19.3 Å². The summed E-state index contributed by atoms with van der Waals surface area (Å²) in [4.78, 5) is 13.9. The molecule has 122 valence electrons. The molecule has 2 atom stereocenters. The summed E-state index contributed by atoms with van der Waals surface area (Å²) in [5, 5.41) is 11.7. The summed E-state index contributed by atoms with van der Waals surface area (Å²) in [6.45, 7) is 5.66. The Kier molecular flexibility index (Phi) is 3.91. The smallest absolute Gasteiger partial charge is 0.140 e. The summed E-state index contributed by atoms with van der Waals surface area (Å²) in [6, 6.07) is 8.37. The van der Waals surface area contributed by atoms with Crippen LogP contribution in [0.5, 0.6) is 0 Å². The Labute approximate surface area is 137 Å². The topological polar surface area (TPSA) is 52.5 Å². The summed E-state index contributed by atoms with van der Waals surface area (Å²) in [6.07, 6.45) is 3.51. The molecule has 0 radical (unpaired) electrons. The van der Waals surface area contributed by atoms with E-state index in [0.717, 1.165) is 42.2 Å². The fourth-order valence-electron chi connectivity index (χ4n) is 3.97. The number of aliphatic hydroxyl groups is 1. The van der Waals surface area contributed by atoms with Crippen LogP contribution >= 0.6 is 0 Å². The molecule has 1 aromatic heterocycles. The quantitative estimate of drug-likeness (QED) is 0.919. The van der Waals surface area contributed by atoms with Crippen molar-refractivity contribution in [1.82, 2.24) is 14.9 Å². The lowest BCUT2D eigenvalue weighted by molar-refractivity contribution is 0.0706. The molecule has 2 aromatic rings. The van der Waals surface area contributed by atoms with Crippen molar-refractivity contribution in [1.29, 1.82) is 0 Å². The number of fused-ring (bicyclic) bond motifs is 1. The average molecular weight is 312 g/mol. The fraction of sp³-hybridized carbons (Fsp3) is 0.556. The predicted octanol–water partition coefficient (Wildman–Crippen LogP) is 1.97. The Morgan fingerprint density at radius 2 is 1.83 bits per heavy atom. The van der Waals surface area contributed by atoms with Crippen LogP contribution in [0.1, 0.15) is 25.1 Å². The van der Waals surface area contributed by atoms with E-state index in [4.69, 9.17) is 0 Å². The number of β-amino-alcohol motifs (C(OH)–C–C–N with tert-alkyl or cyclic N) is 1. The maximum absolute atomic E-state index is 10.6. The number of rotatable bonds is 2. The highest BCUT2D eigenvalue weighted by Gasteiger charge is 2.37. The standard InChI is InChI=1S/C18H24N4O/c1-13-19-15-8-4-3-7-14(15)18(20-13)22-11-16(17(23)12-22)21-9-5-2-6-10-21/h3-4,7-8,16-17,23H,2,5-6,9-12H2,1H3/t16-,17-/m0/s1. The number of aromatic nitrogens is 2. The zero-order valence-corrected chi connectivity index (χ0v) is 13.6. The number of likely N-dealkylation sites (tertiary alicyclic amines) is 1. The van der Waals surface area contributed by atoms with Crippen LogP contribution < -0.4 is 4.90 Å². The molecular weight excluding hydrogens is 288 g/mol. The third kappa shape index (κ3) is 2.79. The zero-order chi connectivity index (χ0) is 15.8. The predicted molar refractivity (Wildman–Crippen MR) is 91.7 cm³/mol. The molecular formula is C18H24N4O. The lowest BCUT2D eigenvalue weighted by Crippen LogP contribution is -2.45. The number of nitrogens with zero attached hydrogens (tertiary/aromatic N) is 4. The van der Waals surface area contributed by atoms with Crippen LogP contribution in [0.2, 0.25) is 0 Å². The van der Waals surface area contributed by atoms with E-state index in [1.54, 1.807) is 0 Å². The fourth-order valence-corrected chi connectivity index (χ4v) is 3.97. The summed E-state index contributed by atoms with van der Waals surface area (Å²) < 4.78 is 0. The molecule has 2 aliphatic rings. The molecule has 0 saturated carbocycles. The number of para-hydroxylation sites is 1. The van der Waals surface area contributed by atoms with Crippen molar-refractivity contribution in [3.8, 4) is 0 Å². The number of hydrogen-bond acceptors (Lipinski definition) is 5. The van der Waals surface area contributed by atoms with Gasteiger partial charge in [0.1, 0.15) is 11.6 Å². The van der Waals surface area contributed by atoms with Gasteiger partial charge in [0.15, 0.2) is 0 Å². The van der Waals surface area contributed by atoms with Crippen LogP contribution in [0, 0.1) is 6.92 Å². The summed E-state index contributed by atoms with van der Waals surface area (Å²) in [7, 11) is 0. The van der Waals surface area contributed by atoms with Crippen molar-refractivity contribution >= 4 is 16.7 Å². The largest absolute Gasteiger partial charge is 0.390 e. The normalized spacial score (nSPS) is 26.1. The third-order valence-electron chi connectivity index (χ3n) is 5.11. The van der Waals surface area contributed by atoms with Crippen molar-refractivity contribution in [2.75, 3.05) is 31.1 Å². The molecule has 1 aromatic carbocycles. The van der Waals surface area contributed by atoms with E-state index in [2.05, 4.69) is 25.8 Å². The third-order valence-corrected chi connectivity index (χ3v) is 5.11. The van der Waals surface area contributed by atoms with Crippen molar-refractivity contribution in [3.63, 3.8) is 0 Å². The van der Waals surface area contributed by atoms with Gasteiger partial charge in [-0.1, -0.05) is 18.6 Å². The van der Waals surface area contributed by atoms with Crippen molar-refractivity contribution in [2.45, 2.75) is 38.3 Å². The maximum Gasteiger partial charge on any atom is 0.140 e. The molecule has 2 aliphatic heterocycles. The summed E-state index contributed by atoms with van der Waals surface area (Å²) in [5.41, 5.74) is 0.978. The van der Waals surface area contributed by atoms with E-state index >= 15 is 0 Å². The van der Waals surface area contributed by atoms with E-state index in [0.29, 0.717) is 6.54 Å². The second kappa shape index (κ2) is 6.06. The van der Waals surface area contributed by atoms with Gasteiger partial charge in [-0.05, 0) is 45.0 Å². The van der Waals surface area contributed by atoms with Gasteiger partial charge in [0.2, 0.25) is 0 Å². The molecule has 2 fully saturated rings. The van der Waals surface area contributed by atoms with Gasteiger partial charge in [-0.2, -0.15) is 0 Å². The number of benzene rings is 1. The molecule has 3 heterocycles. The van der Waals surface area contributed by atoms with E-state index in [1.807, 2.05) is 25.1 Å². The van der Waals surface area contributed by atoms with E-state index in [9.17, 15) is 5.11 Å². The Balaban J connectivity index is 1.64. The van der Waals surface area contributed by atoms with Gasteiger partial charge in [-0.15, -0.1) is 0 Å². The Bertz CT molecular complexity index is 698. The molecule has 0 unspecified atom stereocenters. The highest BCUT2D eigenvalue weighted by Crippen LogP contribution is 2.29. The average Bonchev–Trinajstić information content (AvgIpc) is 2.96. The molecule has 4 rings (SSSR count). The molecule has 2 saturated heterocycles. The second-order valence-electron chi connectivity index (χ2n) is 6.75. The number of hydrogen-bond donors (Lipinski definition) is 1. The highest BCUT2D eigenvalue weighted by atomic mass is 16.3. The number of piperidine rings is 1. The van der Waals surface area contributed by atoms with Gasteiger partial charge in [-0.25, -0.2) is 9.97 Å². The molecule has 23 heavy (non-hydrogen) atoms. The summed E-state index contributed by atoms with van der Waals surface area (Å²) in [5.74, 6) is 1.75. The zero-order valence-electron chi connectivity index (χ0n) is 13.6. The van der Waals surface area contributed by atoms with Crippen LogP contribution in [0.4, 0.5) is 5.82 Å². The van der Waals surface area contributed by atoms with Crippen LogP contribution in [0.15, 0.2) is 24.3 Å². The van der Waals surface area contributed by atoms with Crippen molar-refractivity contribution in [2.24, 2.45) is 0 Å². The van der Waals surface area contributed by atoms with Crippen molar-refractivity contribution < 1.29 is 5.11 Å². The van der Waals surface area contributed by atoms with Crippen molar-refractivity contribution in [3.05, 3.63) is 30.1 Å². The first-order chi connectivity index (χ1) is 11.2. The van der Waals surface area contributed by atoms with Crippen LogP contribution in [0.25, 0.3) is 10.9 Å². The number of aryl methyl sites for hydroxylation is 1. The molecule has 0 spiro atoms. The molecule has 0 bridgehead atoms. The minimum atomic E-state index is -0.304. The van der Waals surface area contributed by atoms with Gasteiger partial charge in [-0.3, -0.25) is 4.90 Å². The number of aliphatic hydroxyl groups excluding tert-OH is 1. The minimum Gasteiger partial charge on any atom is -0.390 e. The Hall–Kier alpha value is -1.72. The Morgan fingerprint density at radius 1 is 1.04 bits per heavy atom. The summed E-state index contributed by atoms with van der Waals surface area (Å²) >= 11 is 0. The lowest BCUT2D eigenvalue weighted by Gasteiger charge is -2.33. The monoisotopic (exact) mass is 312 g/mol. The first-order valence-corrected chi connectivity index (χ1v) is 8.63. The first kappa shape index (κ1) is 14.8. The molecule has 5 nitrogen and oxygen atoms in total.